The molecule has 0 saturated carbocycles. The fourth-order valence-electron chi connectivity index (χ4n) is 2.57. The van der Waals surface area contributed by atoms with Gasteiger partial charge in [0.15, 0.2) is 0 Å². The highest BCUT2D eigenvalue weighted by molar-refractivity contribution is 7.21. The highest BCUT2D eigenvalue weighted by Crippen LogP contribution is 2.35. The summed E-state index contributed by atoms with van der Waals surface area (Å²) in [6.45, 7) is 2.82. The molecule has 0 aliphatic heterocycles. The molecule has 0 aliphatic carbocycles. The van der Waals surface area contributed by atoms with E-state index in [4.69, 9.17) is 9.47 Å². The third kappa shape index (κ3) is 3.72. The van der Waals surface area contributed by atoms with E-state index < -0.39 is 0 Å². The summed E-state index contributed by atoms with van der Waals surface area (Å²) in [5, 5.41) is 1.08. The van der Waals surface area contributed by atoms with Crippen LogP contribution < -0.4 is 4.90 Å². The highest BCUT2D eigenvalue weighted by Gasteiger charge is 2.15. The number of fused-ring (bicyclic) bond motifs is 1. The molecule has 3 rings (SSSR count). The summed E-state index contributed by atoms with van der Waals surface area (Å²) < 4.78 is 10.5. The molecule has 0 radical (unpaired) electrons. The van der Waals surface area contributed by atoms with E-state index in [0.717, 1.165) is 29.1 Å². The molecule has 0 aliphatic rings. The molecule has 2 heterocycles. The Kier molecular flexibility index (Phi) is 5.74. The number of hydrogen-bond donors (Lipinski definition) is 0. The summed E-state index contributed by atoms with van der Waals surface area (Å²) in [4.78, 5) is 13.4. The van der Waals surface area contributed by atoms with Crippen LogP contribution in [0.15, 0.2) is 42.7 Å². The first kappa shape index (κ1) is 16.8. The van der Waals surface area contributed by atoms with Crippen LogP contribution in [0, 0.1) is 0 Å². The lowest BCUT2D eigenvalue weighted by Crippen LogP contribution is -2.31. The van der Waals surface area contributed by atoms with E-state index in [1.807, 2.05) is 6.07 Å². The van der Waals surface area contributed by atoms with Crippen LogP contribution in [0.1, 0.15) is 0 Å². The summed E-state index contributed by atoms with van der Waals surface area (Å²) in [6, 6.07) is 12.5. The SMILES string of the molecule is COCCN(CCOC)c1ncnc2sc(-c3ccccc3)cc12. The van der Waals surface area contributed by atoms with Crippen molar-refractivity contribution >= 4 is 27.4 Å². The van der Waals surface area contributed by atoms with Crippen LogP contribution in [-0.4, -0.2) is 50.5 Å². The predicted octanol–water partition coefficient (Wildman–Crippen LogP) is 3.46. The van der Waals surface area contributed by atoms with Crippen molar-refractivity contribution in [3.8, 4) is 10.4 Å². The average molecular weight is 343 g/mol. The van der Waals surface area contributed by atoms with Gasteiger partial charge in [0.1, 0.15) is 17.0 Å². The van der Waals surface area contributed by atoms with Crippen molar-refractivity contribution in [2.24, 2.45) is 0 Å². The Balaban J connectivity index is 1.98. The number of hydrogen-bond acceptors (Lipinski definition) is 6. The van der Waals surface area contributed by atoms with Crippen LogP contribution in [0.2, 0.25) is 0 Å². The minimum Gasteiger partial charge on any atom is -0.383 e. The normalized spacial score (nSPS) is 11.1. The second-order valence-corrected chi connectivity index (χ2v) is 6.40. The summed E-state index contributed by atoms with van der Waals surface area (Å²) in [6.07, 6.45) is 1.63. The van der Waals surface area contributed by atoms with E-state index in [1.54, 1.807) is 31.9 Å². The number of anilines is 1. The lowest BCUT2D eigenvalue weighted by molar-refractivity contribution is 0.190. The molecule has 1 aromatic carbocycles. The van der Waals surface area contributed by atoms with Crippen molar-refractivity contribution in [1.29, 1.82) is 0 Å². The van der Waals surface area contributed by atoms with Gasteiger partial charge in [0.2, 0.25) is 0 Å². The van der Waals surface area contributed by atoms with Crippen molar-refractivity contribution in [2.45, 2.75) is 0 Å². The lowest BCUT2D eigenvalue weighted by Gasteiger charge is -2.23. The van der Waals surface area contributed by atoms with Crippen LogP contribution >= 0.6 is 11.3 Å². The summed E-state index contributed by atoms with van der Waals surface area (Å²) in [7, 11) is 3.42. The molecule has 3 aromatic rings. The second kappa shape index (κ2) is 8.19. The van der Waals surface area contributed by atoms with Gasteiger partial charge in [0, 0.05) is 32.2 Å². The monoisotopic (exact) mass is 343 g/mol. The first-order chi connectivity index (χ1) is 11.8. The first-order valence-corrected chi connectivity index (χ1v) is 8.68. The Morgan fingerprint density at radius 1 is 1.00 bits per heavy atom. The van der Waals surface area contributed by atoms with E-state index in [-0.39, 0.29) is 0 Å². The number of thiophene rings is 1. The molecule has 0 N–H and O–H groups in total. The molecular weight excluding hydrogens is 322 g/mol. The maximum Gasteiger partial charge on any atom is 0.140 e. The molecule has 2 aromatic heterocycles. The quantitative estimate of drug-likeness (QED) is 0.627. The number of aromatic nitrogens is 2. The van der Waals surface area contributed by atoms with Crippen LogP contribution in [0.25, 0.3) is 20.7 Å². The standard InChI is InChI=1S/C18H21N3O2S/c1-22-10-8-21(9-11-23-2)17-15-12-16(14-6-4-3-5-7-14)24-18(15)20-13-19-17/h3-7,12-13H,8-11H2,1-2H3. The molecule has 0 fully saturated rings. The van der Waals surface area contributed by atoms with Gasteiger partial charge in [-0.1, -0.05) is 30.3 Å². The van der Waals surface area contributed by atoms with Gasteiger partial charge in [-0.25, -0.2) is 9.97 Å². The van der Waals surface area contributed by atoms with E-state index >= 15 is 0 Å². The fraction of sp³-hybridized carbons (Fsp3) is 0.333. The first-order valence-electron chi connectivity index (χ1n) is 7.86. The van der Waals surface area contributed by atoms with Gasteiger partial charge in [0.05, 0.1) is 18.6 Å². The summed E-state index contributed by atoms with van der Waals surface area (Å²) >= 11 is 1.69. The van der Waals surface area contributed by atoms with Crippen molar-refractivity contribution < 1.29 is 9.47 Å². The zero-order chi connectivity index (χ0) is 16.8. The Labute approximate surface area is 145 Å². The van der Waals surface area contributed by atoms with Gasteiger partial charge in [-0.15, -0.1) is 11.3 Å². The zero-order valence-electron chi connectivity index (χ0n) is 13.9. The molecule has 0 unspecified atom stereocenters. The third-order valence-electron chi connectivity index (χ3n) is 3.80. The molecular formula is C18H21N3O2S. The van der Waals surface area contributed by atoms with Gasteiger partial charge in [-0.05, 0) is 11.6 Å². The van der Waals surface area contributed by atoms with Crippen molar-refractivity contribution in [3.63, 3.8) is 0 Å². The van der Waals surface area contributed by atoms with Gasteiger partial charge in [-0.3, -0.25) is 0 Å². The molecule has 0 amide bonds. The zero-order valence-corrected chi connectivity index (χ0v) is 14.8. The van der Waals surface area contributed by atoms with Gasteiger partial charge >= 0.3 is 0 Å². The molecule has 0 bridgehead atoms. The van der Waals surface area contributed by atoms with Crippen LogP contribution in [-0.2, 0) is 9.47 Å². The minimum absolute atomic E-state index is 0.644. The van der Waals surface area contributed by atoms with Crippen LogP contribution in [0.5, 0.6) is 0 Å². The van der Waals surface area contributed by atoms with Crippen molar-refractivity contribution in [3.05, 3.63) is 42.7 Å². The molecule has 0 atom stereocenters. The number of nitrogens with zero attached hydrogens (tertiary/aromatic N) is 3. The molecule has 5 nitrogen and oxygen atoms in total. The summed E-state index contributed by atoms with van der Waals surface area (Å²) in [5.74, 6) is 0.938. The van der Waals surface area contributed by atoms with E-state index in [1.165, 1.54) is 10.4 Å². The highest BCUT2D eigenvalue weighted by atomic mass is 32.1. The fourth-order valence-corrected chi connectivity index (χ4v) is 3.57. The third-order valence-corrected chi connectivity index (χ3v) is 4.89. The maximum absolute atomic E-state index is 5.24. The molecule has 0 spiro atoms. The van der Waals surface area contributed by atoms with Gasteiger partial charge < -0.3 is 14.4 Å². The molecule has 0 saturated heterocycles. The van der Waals surface area contributed by atoms with Gasteiger partial charge in [0.25, 0.3) is 0 Å². The van der Waals surface area contributed by atoms with Gasteiger partial charge in [-0.2, -0.15) is 0 Å². The number of benzene rings is 1. The largest absolute Gasteiger partial charge is 0.383 e. The number of rotatable bonds is 8. The lowest BCUT2D eigenvalue weighted by atomic mass is 10.2. The van der Waals surface area contributed by atoms with E-state index in [9.17, 15) is 0 Å². The topological polar surface area (TPSA) is 47.5 Å². The Morgan fingerprint density at radius 3 is 2.38 bits per heavy atom. The molecule has 24 heavy (non-hydrogen) atoms. The summed E-state index contributed by atoms with van der Waals surface area (Å²) in [5.41, 5.74) is 1.20. The van der Waals surface area contributed by atoms with Crippen LogP contribution in [0.4, 0.5) is 5.82 Å². The minimum atomic E-state index is 0.644. The average Bonchev–Trinajstić information content (AvgIpc) is 3.07. The Bertz CT molecular complexity index is 768. The van der Waals surface area contributed by atoms with Crippen molar-refractivity contribution in [2.75, 3.05) is 45.4 Å². The van der Waals surface area contributed by atoms with E-state index in [2.05, 4.69) is 45.2 Å². The Morgan fingerprint density at radius 2 is 1.71 bits per heavy atom. The van der Waals surface area contributed by atoms with E-state index in [0.29, 0.717) is 13.2 Å². The van der Waals surface area contributed by atoms with Crippen LogP contribution in [0.3, 0.4) is 0 Å². The maximum atomic E-state index is 5.24. The number of ether oxygens (including phenoxy) is 2. The predicted molar refractivity (Wildman–Crippen MR) is 98.8 cm³/mol. The molecule has 6 heteroatoms. The van der Waals surface area contributed by atoms with Crippen molar-refractivity contribution in [1.82, 2.24) is 9.97 Å². The smallest absolute Gasteiger partial charge is 0.140 e. The number of methoxy groups -OCH3 is 2. The Hall–Kier alpha value is -2.02. The molecule has 126 valence electrons. The second-order valence-electron chi connectivity index (χ2n) is 5.37.